The first-order valence-electron chi connectivity index (χ1n) is 7.41. The van der Waals surface area contributed by atoms with Crippen molar-refractivity contribution >= 4 is 17.3 Å². The molecule has 0 aromatic heterocycles. The maximum atomic E-state index is 12.2. The third-order valence-corrected chi connectivity index (χ3v) is 4.01. The molecule has 7 nitrogen and oxygen atoms in total. The topological polar surface area (TPSA) is 95.7 Å². The summed E-state index contributed by atoms with van der Waals surface area (Å²) in [4.78, 5) is 24.5. The van der Waals surface area contributed by atoms with Gasteiger partial charge in [0.15, 0.2) is 0 Å². The van der Waals surface area contributed by atoms with Gasteiger partial charge in [-0.15, -0.1) is 0 Å². The van der Waals surface area contributed by atoms with E-state index in [1.807, 2.05) is 4.90 Å². The molecule has 2 rings (SSSR count). The number of benzene rings is 1. The number of nitrogens with one attached hydrogen (secondary N) is 1. The van der Waals surface area contributed by atoms with Gasteiger partial charge >= 0.3 is 0 Å². The van der Waals surface area contributed by atoms with E-state index in [9.17, 15) is 20.0 Å². The van der Waals surface area contributed by atoms with Crippen LogP contribution in [0.25, 0.3) is 0 Å². The van der Waals surface area contributed by atoms with Gasteiger partial charge in [-0.2, -0.15) is 0 Å². The number of piperidine rings is 1. The molecule has 0 spiro atoms. The van der Waals surface area contributed by atoms with Crippen molar-refractivity contribution in [1.82, 2.24) is 4.90 Å². The maximum absolute atomic E-state index is 12.2. The van der Waals surface area contributed by atoms with Crippen LogP contribution in [0.15, 0.2) is 18.2 Å². The van der Waals surface area contributed by atoms with Crippen LogP contribution in [0.2, 0.25) is 0 Å². The minimum absolute atomic E-state index is 0.0192. The van der Waals surface area contributed by atoms with E-state index < -0.39 is 4.92 Å². The summed E-state index contributed by atoms with van der Waals surface area (Å²) in [5.41, 5.74) is 1.18. The Morgan fingerprint density at radius 2 is 2.27 bits per heavy atom. The Morgan fingerprint density at radius 1 is 1.50 bits per heavy atom. The largest absolute Gasteiger partial charge is 0.395 e. The SMILES string of the molecule is Cc1ccc([N+](=O)[O-])cc1NC(=O)CN1CCCC[C@@H]1CO. The minimum atomic E-state index is -0.485. The first kappa shape index (κ1) is 16.4. The van der Waals surface area contributed by atoms with Crippen molar-refractivity contribution in [2.45, 2.75) is 32.2 Å². The average molecular weight is 307 g/mol. The van der Waals surface area contributed by atoms with Crippen LogP contribution in [0.4, 0.5) is 11.4 Å². The van der Waals surface area contributed by atoms with E-state index in [1.54, 1.807) is 13.0 Å². The van der Waals surface area contributed by atoms with Gasteiger partial charge in [-0.25, -0.2) is 0 Å². The molecule has 1 atom stereocenters. The lowest BCUT2D eigenvalue weighted by atomic mass is 10.0. The lowest BCUT2D eigenvalue weighted by Gasteiger charge is -2.33. The second-order valence-electron chi connectivity index (χ2n) is 5.61. The first-order chi connectivity index (χ1) is 10.5. The third-order valence-electron chi connectivity index (χ3n) is 4.01. The number of rotatable bonds is 5. The first-order valence-corrected chi connectivity index (χ1v) is 7.41. The summed E-state index contributed by atoms with van der Waals surface area (Å²) in [6.07, 6.45) is 2.96. The summed E-state index contributed by atoms with van der Waals surface area (Å²) in [5, 5.41) is 22.9. The van der Waals surface area contributed by atoms with E-state index >= 15 is 0 Å². The zero-order chi connectivity index (χ0) is 16.1. The molecule has 1 aliphatic heterocycles. The molecule has 1 heterocycles. The van der Waals surface area contributed by atoms with Gasteiger partial charge in [0.05, 0.1) is 23.8 Å². The minimum Gasteiger partial charge on any atom is -0.395 e. The summed E-state index contributed by atoms with van der Waals surface area (Å²) in [5.74, 6) is -0.219. The molecule has 1 aromatic carbocycles. The number of aliphatic hydroxyl groups is 1. The molecule has 1 saturated heterocycles. The predicted molar refractivity (Wildman–Crippen MR) is 82.8 cm³/mol. The Hall–Kier alpha value is -1.99. The molecule has 0 saturated carbocycles. The molecule has 0 aliphatic carbocycles. The number of aryl methyl sites for hydroxylation is 1. The number of nitro groups is 1. The van der Waals surface area contributed by atoms with Crippen LogP contribution < -0.4 is 5.32 Å². The zero-order valence-electron chi connectivity index (χ0n) is 12.6. The van der Waals surface area contributed by atoms with Crippen LogP contribution in [0.1, 0.15) is 24.8 Å². The number of amides is 1. The molecule has 1 fully saturated rings. The lowest BCUT2D eigenvalue weighted by Crippen LogP contribution is -2.45. The number of carbonyl (C=O) groups is 1. The summed E-state index contributed by atoms with van der Waals surface area (Å²) in [6.45, 7) is 2.81. The van der Waals surface area contributed by atoms with Crippen molar-refractivity contribution in [2.75, 3.05) is 25.0 Å². The van der Waals surface area contributed by atoms with Gasteiger partial charge in [-0.1, -0.05) is 12.5 Å². The van der Waals surface area contributed by atoms with E-state index in [4.69, 9.17) is 0 Å². The van der Waals surface area contributed by atoms with E-state index in [0.29, 0.717) is 5.69 Å². The van der Waals surface area contributed by atoms with Crippen LogP contribution >= 0.6 is 0 Å². The second-order valence-corrected chi connectivity index (χ2v) is 5.61. The Labute approximate surface area is 129 Å². The van der Waals surface area contributed by atoms with Gasteiger partial charge in [0.2, 0.25) is 5.91 Å². The number of hydrogen-bond acceptors (Lipinski definition) is 5. The van der Waals surface area contributed by atoms with E-state index in [1.165, 1.54) is 12.1 Å². The Kier molecular flexibility index (Phi) is 5.46. The summed E-state index contributed by atoms with van der Waals surface area (Å²) >= 11 is 0. The van der Waals surface area contributed by atoms with Crippen molar-refractivity contribution in [3.05, 3.63) is 33.9 Å². The fourth-order valence-electron chi connectivity index (χ4n) is 2.71. The molecule has 0 bridgehead atoms. The predicted octanol–water partition coefficient (Wildman–Crippen LogP) is 1.69. The maximum Gasteiger partial charge on any atom is 0.271 e. The Bertz CT molecular complexity index is 562. The monoisotopic (exact) mass is 307 g/mol. The molecule has 0 unspecified atom stereocenters. The highest BCUT2D eigenvalue weighted by Gasteiger charge is 2.23. The average Bonchev–Trinajstić information content (AvgIpc) is 2.49. The van der Waals surface area contributed by atoms with Crippen molar-refractivity contribution in [3.63, 3.8) is 0 Å². The fourth-order valence-corrected chi connectivity index (χ4v) is 2.71. The van der Waals surface area contributed by atoms with Crippen LogP contribution in [0, 0.1) is 17.0 Å². The van der Waals surface area contributed by atoms with Gasteiger partial charge in [-0.3, -0.25) is 19.8 Å². The molecule has 0 radical (unpaired) electrons. The highest BCUT2D eigenvalue weighted by atomic mass is 16.6. The van der Waals surface area contributed by atoms with Crippen LogP contribution in [0.3, 0.4) is 0 Å². The van der Waals surface area contributed by atoms with E-state index in [-0.39, 0.29) is 30.8 Å². The lowest BCUT2D eigenvalue weighted by molar-refractivity contribution is -0.384. The van der Waals surface area contributed by atoms with Crippen molar-refractivity contribution in [2.24, 2.45) is 0 Å². The van der Waals surface area contributed by atoms with Crippen molar-refractivity contribution in [3.8, 4) is 0 Å². The Balaban J connectivity index is 2.02. The molecule has 2 N–H and O–H groups in total. The molecule has 1 amide bonds. The normalized spacial score (nSPS) is 18.9. The summed E-state index contributed by atoms with van der Waals surface area (Å²) in [6, 6.07) is 4.42. The molecule has 22 heavy (non-hydrogen) atoms. The van der Waals surface area contributed by atoms with E-state index in [2.05, 4.69) is 5.32 Å². The number of non-ortho nitro benzene ring substituents is 1. The second kappa shape index (κ2) is 7.33. The number of carbonyl (C=O) groups excluding carboxylic acids is 1. The summed E-state index contributed by atoms with van der Waals surface area (Å²) < 4.78 is 0. The van der Waals surface area contributed by atoms with Crippen molar-refractivity contribution in [1.29, 1.82) is 0 Å². The van der Waals surface area contributed by atoms with Gasteiger partial charge in [0.1, 0.15) is 0 Å². The highest BCUT2D eigenvalue weighted by molar-refractivity contribution is 5.93. The molecule has 7 heteroatoms. The van der Waals surface area contributed by atoms with Gasteiger partial charge < -0.3 is 10.4 Å². The molecular weight excluding hydrogens is 286 g/mol. The van der Waals surface area contributed by atoms with Gasteiger partial charge in [0.25, 0.3) is 5.69 Å². The van der Waals surface area contributed by atoms with Gasteiger partial charge in [-0.05, 0) is 31.9 Å². The fraction of sp³-hybridized carbons (Fsp3) is 0.533. The van der Waals surface area contributed by atoms with Gasteiger partial charge in [0, 0.05) is 18.2 Å². The smallest absolute Gasteiger partial charge is 0.271 e. The third kappa shape index (κ3) is 4.02. The quantitative estimate of drug-likeness (QED) is 0.637. The number of aliphatic hydroxyl groups excluding tert-OH is 1. The molecular formula is C15H21N3O4. The van der Waals surface area contributed by atoms with E-state index in [0.717, 1.165) is 31.4 Å². The van der Waals surface area contributed by atoms with Crippen LogP contribution in [-0.2, 0) is 4.79 Å². The zero-order valence-corrected chi connectivity index (χ0v) is 12.6. The van der Waals surface area contributed by atoms with Crippen LogP contribution in [0.5, 0.6) is 0 Å². The molecule has 1 aromatic rings. The van der Waals surface area contributed by atoms with Crippen molar-refractivity contribution < 1.29 is 14.8 Å². The number of likely N-dealkylation sites (tertiary alicyclic amines) is 1. The molecule has 120 valence electrons. The summed E-state index contributed by atoms with van der Waals surface area (Å²) in [7, 11) is 0. The number of hydrogen-bond donors (Lipinski definition) is 2. The highest BCUT2D eigenvalue weighted by Crippen LogP contribution is 2.22. The number of nitrogens with zero attached hydrogens (tertiary/aromatic N) is 2. The molecule has 1 aliphatic rings. The number of nitro benzene ring substituents is 1. The standard InChI is InChI=1S/C15H21N3O4/c1-11-5-6-12(18(21)22)8-14(11)16-15(20)9-17-7-3-2-4-13(17)10-19/h5-6,8,13,19H,2-4,7,9-10H2,1H3,(H,16,20)/t13-/m1/s1. The number of anilines is 1. The Morgan fingerprint density at radius 3 is 2.95 bits per heavy atom. The van der Waals surface area contributed by atoms with Crippen LogP contribution in [-0.4, -0.2) is 46.6 Å².